The second-order valence-corrected chi connectivity index (χ2v) is 5.48. The van der Waals surface area contributed by atoms with Crippen LogP contribution in [0.25, 0.3) is 0 Å². The van der Waals surface area contributed by atoms with Crippen molar-refractivity contribution in [2.75, 3.05) is 20.2 Å². The Morgan fingerprint density at radius 3 is 2.42 bits per heavy atom. The highest BCUT2D eigenvalue weighted by Crippen LogP contribution is 2.29. The second-order valence-electron chi connectivity index (χ2n) is 5.48. The van der Waals surface area contributed by atoms with Crippen molar-refractivity contribution >= 4 is 11.8 Å². The number of carbonyl (C=O) groups excluding carboxylic acids is 2. The first-order valence-electron chi connectivity index (χ1n) is 6.14. The van der Waals surface area contributed by atoms with Gasteiger partial charge in [-0.2, -0.15) is 0 Å². The van der Waals surface area contributed by atoms with Gasteiger partial charge in [-0.25, -0.2) is 0 Å². The lowest BCUT2D eigenvalue weighted by Gasteiger charge is -2.27. The van der Waals surface area contributed by atoms with Gasteiger partial charge in [-0.15, -0.1) is 0 Å². The van der Waals surface area contributed by atoms with E-state index in [1.165, 1.54) is 12.0 Å². The van der Waals surface area contributed by atoms with Crippen LogP contribution in [-0.2, 0) is 0 Å². The molecule has 5 nitrogen and oxygen atoms in total. The molecule has 1 aliphatic heterocycles. The average molecular weight is 262 g/mol. The summed E-state index contributed by atoms with van der Waals surface area (Å²) in [7, 11) is 1.53. The van der Waals surface area contributed by atoms with Gasteiger partial charge in [0.15, 0.2) is 0 Å². The van der Waals surface area contributed by atoms with E-state index in [9.17, 15) is 9.59 Å². The molecule has 1 aromatic carbocycles. The first-order valence-corrected chi connectivity index (χ1v) is 6.14. The summed E-state index contributed by atoms with van der Waals surface area (Å²) in [4.78, 5) is 25.8. The van der Waals surface area contributed by atoms with Crippen molar-refractivity contribution in [1.82, 2.24) is 4.90 Å². The lowest BCUT2D eigenvalue weighted by molar-refractivity contribution is 0.0595. The van der Waals surface area contributed by atoms with E-state index in [1.807, 2.05) is 13.8 Å². The Hall–Kier alpha value is -1.88. The summed E-state index contributed by atoms with van der Waals surface area (Å²) in [5, 5.41) is 0. The third kappa shape index (κ3) is 2.33. The monoisotopic (exact) mass is 262 g/mol. The van der Waals surface area contributed by atoms with Crippen LogP contribution < -0.4 is 10.5 Å². The van der Waals surface area contributed by atoms with Crippen LogP contribution in [0.2, 0.25) is 0 Å². The molecule has 0 unspecified atom stereocenters. The number of hydrogen-bond acceptors (Lipinski definition) is 4. The summed E-state index contributed by atoms with van der Waals surface area (Å²) in [6.07, 6.45) is 0. The molecule has 0 fully saturated rings. The van der Waals surface area contributed by atoms with Crippen LogP contribution in [0.1, 0.15) is 34.6 Å². The van der Waals surface area contributed by atoms with Gasteiger partial charge in [-0.3, -0.25) is 14.5 Å². The first-order chi connectivity index (χ1) is 8.89. The van der Waals surface area contributed by atoms with Gasteiger partial charge in [0.2, 0.25) is 0 Å². The number of methoxy groups -OCH3 is 1. The van der Waals surface area contributed by atoms with Crippen molar-refractivity contribution in [3.05, 3.63) is 29.3 Å². The predicted octanol–water partition coefficient (Wildman–Crippen LogP) is 1.28. The quantitative estimate of drug-likeness (QED) is 0.829. The Labute approximate surface area is 112 Å². The fourth-order valence-electron chi connectivity index (χ4n) is 2.03. The molecule has 0 spiro atoms. The summed E-state index contributed by atoms with van der Waals surface area (Å²) in [5.41, 5.74) is 6.19. The molecule has 5 heteroatoms. The van der Waals surface area contributed by atoms with E-state index in [1.54, 1.807) is 18.2 Å². The highest BCUT2D eigenvalue weighted by molar-refractivity contribution is 6.21. The van der Waals surface area contributed by atoms with Crippen LogP contribution in [0, 0.1) is 5.41 Å². The zero-order valence-electron chi connectivity index (χ0n) is 11.4. The van der Waals surface area contributed by atoms with Crippen LogP contribution in [0.4, 0.5) is 0 Å². The lowest BCUT2D eigenvalue weighted by Crippen LogP contribution is -2.41. The predicted molar refractivity (Wildman–Crippen MR) is 71.2 cm³/mol. The van der Waals surface area contributed by atoms with Crippen LogP contribution in [0.3, 0.4) is 0 Å². The van der Waals surface area contributed by atoms with Gasteiger partial charge in [0, 0.05) is 6.54 Å². The van der Waals surface area contributed by atoms with E-state index in [2.05, 4.69) is 0 Å². The van der Waals surface area contributed by atoms with Gasteiger partial charge in [0.05, 0.1) is 18.2 Å². The molecule has 1 heterocycles. The van der Waals surface area contributed by atoms with Crippen LogP contribution in [0.15, 0.2) is 18.2 Å². The molecule has 0 saturated carbocycles. The number of imide groups is 1. The molecule has 19 heavy (non-hydrogen) atoms. The van der Waals surface area contributed by atoms with Crippen molar-refractivity contribution < 1.29 is 14.3 Å². The maximum atomic E-state index is 12.3. The maximum Gasteiger partial charge on any atom is 0.261 e. The number of carbonyl (C=O) groups is 2. The van der Waals surface area contributed by atoms with Crippen LogP contribution in [-0.4, -0.2) is 36.9 Å². The molecule has 1 aromatic rings. The smallest absolute Gasteiger partial charge is 0.261 e. The highest BCUT2D eigenvalue weighted by Gasteiger charge is 2.38. The highest BCUT2D eigenvalue weighted by atomic mass is 16.5. The molecular weight excluding hydrogens is 244 g/mol. The van der Waals surface area contributed by atoms with Crippen molar-refractivity contribution in [2.45, 2.75) is 13.8 Å². The summed E-state index contributed by atoms with van der Waals surface area (Å²) in [6.45, 7) is 4.58. The maximum absolute atomic E-state index is 12.3. The summed E-state index contributed by atoms with van der Waals surface area (Å²) >= 11 is 0. The first kappa shape index (κ1) is 13.5. The van der Waals surface area contributed by atoms with Crippen molar-refractivity contribution in [3.63, 3.8) is 0 Å². The van der Waals surface area contributed by atoms with Gasteiger partial charge in [-0.05, 0) is 30.2 Å². The van der Waals surface area contributed by atoms with Gasteiger partial charge < -0.3 is 10.5 Å². The molecule has 0 radical (unpaired) electrons. The van der Waals surface area contributed by atoms with E-state index in [0.717, 1.165) is 0 Å². The van der Waals surface area contributed by atoms with Crippen molar-refractivity contribution in [1.29, 1.82) is 0 Å². The number of nitrogens with two attached hydrogens (primary N) is 1. The molecule has 1 aliphatic rings. The molecule has 2 N–H and O–H groups in total. The summed E-state index contributed by atoms with van der Waals surface area (Å²) in [6, 6.07) is 4.91. The van der Waals surface area contributed by atoms with E-state index in [4.69, 9.17) is 10.5 Å². The molecule has 102 valence electrons. The number of hydrogen-bond donors (Lipinski definition) is 1. The minimum absolute atomic E-state index is 0.260. The number of nitrogens with zero attached hydrogens (tertiary/aromatic N) is 1. The largest absolute Gasteiger partial charge is 0.497 e. The minimum Gasteiger partial charge on any atom is -0.497 e. The molecule has 2 amide bonds. The fraction of sp³-hybridized carbons (Fsp3) is 0.429. The Bertz CT molecular complexity index is 537. The van der Waals surface area contributed by atoms with Gasteiger partial charge >= 0.3 is 0 Å². The molecular formula is C14H18N2O3. The van der Waals surface area contributed by atoms with E-state index >= 15 is 0 Å². The summed E-state index contributed by atoms with van der Waals surface area (Å²) in [5.74, 6) is 0.0319. The lowest BCUT2D eigenvalue weighted by atomic mass is 9.93. The Morgan fingerprint density at radius 1 is 1.21 bits per heavy atom. The van der Waals surface area contributed by atoms with Gasteiger partial charge in [-0.1, -0.05) is 13.8 Å². The topological polar surface area (TPSA) is 72.6 Å². The standard InChI is InChI=1S/C14H18N2O3/c1-14(2,7-15)8-16-12(17)10-5-4-9(19-3)6-11(10)13(16)18/h4-6H,7-8,15H2,1-3H3. The Balaban J connectivity index is 2.34. The van der Waals surface area contributed by atoms with Crippen LogP contribution >= 0.6 is 0 Å². The Morgan fingerprint density at radius 2 is 1.84 bits per heavy atom. The minimum atomic E-state index is -0.294. The van der Waals surface area contributed by atoms with Crippen molar-refractivity contribution in [2.24, 2.45) is 11.1 Å². The normalized spacial score (nSPS) is 14.8. The van der Waals surface area contributed by atoms with Gasteiger partial charge in [0.1, 0.15) is 5.75 Å². The molecule has 0 aliphatic carbocycles. The summed E-state index contributed by atoms with van der Waals surface area (Å²) < 4.78 is 5.08. The third-order valence-corrected chi connectivity index (χ3v) is 3.32. The molecule has 0 bridgehead atoms. The number of ether oxygens (including phenoxy) is 1. The van der Waals surface area contributed by atoms with Crippen LogP contribution in [0.5, 0.6) is 5.75 Å². The van der Waals surface area contributed by atoms with E-state index < -0.39 is 0 Å². The van der Waals surface area contributed by atoms with E-state index in [-0.39, 0.29) is 17.2 Å². The van der Waals surface area contributed by atoms with Crippen molar-refractivity contribution in [3.8, 4) is 5.75 Å². The average Bonchev–Trinajstić information content (AvgIpc) is 2.63. The number of rotatable bonds is 4. The zero-order chi connectivity index (χ0) is 14.2. The molecule has 0 atom stereocenters. The zero-order valence-corrected chi connectivity index (χ0v) is 11.4. The molecule has 2 rings (SSSR count). The van der Waals surface area contributed by atoms with Gasteiger partial charge in [0.25, 0.3) is 11.8 Å². The number of benzene rings is 1. The third-order valence-electron chi connectivity index (χ3n) is 3.32. The molecule has 0 saturated heterocycles. The second kappa shape index (κ2) is 4.66. The fourth-order valence-corrected chi connectivity index (χ4v) is 2.03. The SMILES string of the molecule is COc1ccc2c(c1)C(=O)N(CC(C)(C)CN)C2=O. The number of fused-ring (bicyclic) bond motifs is 1. The van der Waals surface area contributed by atoms with E-state index in [0.29, 0.717) is 30.0 Å². The Kier molecular flexibility index (Phi) is 3.32. The number of amides is 2. The molecule has 0 aromatic heterocycles.